The van der Waals surface area contributed by atoms with Crippen LogP contribution in [0.3, 0.4) is 0 Å². The number of aromatic nitrogens is 1. The number of rotatable bonds is 8. The topological polar surface area (TPSA) is 73.1 Å². The Bertz CT molecular complexity index is 2850. The van der Waals surface area contributed by atoms with Crippen LogP contribution < -0.4 is 9.67 Å². The van der Waals surface area contributed by atoms with Crippen molar-refractivity contribution in [3.8, 4) is 45.1 Å². The summed E-state index contributed by atoms with van der Waals surface area (Å²) in [7, 11) is 0. The molecule has 0 saturated heterocycles. The molecular formula is C63H55NO6. The fourth-order valence-electron chi connectivity index (χ4n) is 9.33. The third-order valence-corrected chi connectivity index (χ3v) is 12.7. The maximum atomic E-state index is 15.3. The van der Waals surface area contributed by atoms with Crippen LogP contribution in [0.1, 0.15) is 57.8 Å². The average Bonchev–Trinajstić information content (AvgIpc) is 3.43. The largest absolute Gasteiger partial charge is 0.872 e. The number of pyridine rings is 1. The molecule has 2 unspecified atom stereocenters. The summed E-state index contributed by atoms with van der Waals surface area (Å²) < 4.78 is 36.2. The van der Waals surface area contributed by atoms with E-state index in [-0.39, 0.29) is 19.0 Å². The van der Waals surface area contributed by atoms with Crippen molar-refractivity contribution in [1.82, 2.24) is 0 Å². The van der Waals surface area contributed by atoms with Crippen LogP contribution in [0.4, 0.5) is 0 Å². The van der Waals surface area contributed by atoms with Gasteiger partial charge in [0.1, 0.15) is 24.4 Å². The van der Waals surface area contributed by atoms with Crippen molar-refractivity contribution in [3.05, 3.63) is 270 Å². The molecular weight excluding hydrogens is 867 g/mol. The molecule has 7 heteroatoms. The van der Waals surface area contributed by atoms with Gasteiger partial charge in [0.05, 0.1) is 39.6 Å². The second-order valence-electron chi connectivity index (χ2n) is 17.3. The van der Waals surface area contributed by atoms with Crippen LogP contribution in [0.15, 0.2) is 237 Å². The van der Waals surface area contributed by atoms with Crippen LogP contribution in [-0.2, 0) is 36.9 Å². The highest BCUT2D eigenvalue weighted by atomic mass is 16.6. The fraction of sp³-hybridized carbons (Fsp3) is 0.159. The number of benzene rings is 8. The maximum absolute atomic E-state index is 15.3. The third-order valence-electron chi connectivity index (χ3n) is 12.7. The van der Waals surface area contributed by atoms with Gasteiger partial charge in [-0.1, -0.05) is 194 Å². The molecule has 0 fully saturated rings. The van der Waals surface area contributed by atoms with E-state index in [1.807, 2.05) is 127 Å². The first-order valence-electron chi connectivity index (χ1n) is 24.0. The Kier molecular flexibility index (Phi) is 15.0. The van der Waals surface area contributed by atoms with Crippen LogP contribution in [0, 0.1) is 0 Å². The Hall–Kier alpha value is -7.49. The molecule has 0 spiro atoms. The summed E-state index contributed by atoms with van der Waals surface area (Å²) in [5.41, 5.74) is 11.6. The molecule has 0 aliphatic carbocycles. The second kappa shape index (κ2) is 22.7. The van der Waals surface area contributed by atoms with Crippen molar-refractivity contribution in [2.45, 2.75) is 37.6 Å². The molecule has 0 radical (unpaired) electrons. The lowest BCUT2D eigenvalue weighted by molar-refractivity contribution is -0.572. The molecule has 0 N–H and O–H groups in total. The van der Waals surface area contributed by atoms with E-state index in [0.717, 1.165) is 61.6 Å². The monoisotopic (exact) mass is 921 g/mol. The highest BCUT2D eigenvalue weighted by molar-refractivity contribution is 5.74. The van der Waals surface area contributed by atoms with Crippen LogP contribution in [0.2, 0.25) is 0 Å². The summed E-state index contributed by atoms with van der Waals surface area (Å²) in [6.07, 6.45) is -2.21. The molecule has 4 atom stereocenters. The van der Waals surface area contributed by atoms with Crippen LogP contribution >= 0.6 is 0 Å². The van der Waals surface area contributed by atoms with Gasteiger partial charge in [0.15, 0.2) is 0 Å². The molecule has 8 aromatic carbocycles. The first-order valence-corrected chi connectivity index (χ1v) is 24.0. The summed E-state index contributed by atoms with van der Waals surface area (Å²) >= 11 is 0. The molecule has 1 aliphatic rings. The van der Waals surface area contributed by atoms with Crippen molar-refractivity contribution in [3.63, 3.8) is 0 Å². The smallest absolute Gasteiger partial charge is 0.219 e. The molecule has 0 saturated carbocycles. The number of hydrogen-bond acceptors (Lipinski definition) is 6. The Balaban J connectivity index is 1.18. The Labute approximate surface area is 410 Å². The van der Waals surface area contributed by atoms with E-state index >= 15 is 5.11 Å². The van der Waals surface area contributed by atoms with Crippen LogP contribution in [0.25, 0.3) is 39.3 Å². The summed E-state index contributed by atoms with van der Waals surface area (Å²) in [5.74, 6) is -0.157. The molecule has 2 bridgehead atoms. The van der Waals surface area contributed by atoms with Crippen molar-refractivity contribution in [2.75, 3.05) is 26.4 Å². The van der Waals surface area contributed by atoms with Gasteiger partial charge in [-0.05, 0) is 68.8 Å². The lowest BCUT2D eigenvalue weighted by Gasteiger charge is -2.31. The Morgan fingerprint density at radius 1 is 0.329 bits per heavy atom. The molecule has 2 heterocycles. The van der Waals surface area contributed by atoms with E-state index in [0.29, 0.717) is 37.6 Å². The third kappa shape index (κ3) is 10.9. The predicted octanol–water partition coefficient (Wildman–Crippen LogP) is 13.1. The summed E-state index contributed by atoms with van der Waals surface area (Å²) in [5, 5.41) is 15.3. The van der Waals surface area contributed by atoms with Gasteiger partial charge >= 0.3 is 0 Å². The van der Waals surface area contributed by atoms with Gasteiger partial charge in [-0.15, -0.1) is 0 Å². The van der Waals surface area contributed by atoms with Gasteiger partial charge < -0.3 is 28.8 Å². The minimum Gasteiger partial charge on any atom is -0.872 e. The van der Waals surface area contributed by atoms with E-state index in [2.05, 4.69) is 114 Å². The number of hydrogen-bond donors (Lipinski definition) is 0. The highest BCUT2D eigenvalue weighted by Crippen LogP contribution is 2.40. The lowest BCUT2D eigenvalue weighted by Crippen LogP contribution is -2.37. The molecule has 0 amide bonds. The quantitative estimate of drug-likeness (QED) is 0.141. The number of nitrogens with zero attached hydrogens (tertiary/aromatic N) is 1. The maximum Gasteiger partial charge on any atom is 0.219 e. The van der Waals surface area contributed by atoms with Gasteiger partial charge in [0.25, 0.3) is 0 Å². The standard InChI is InChI=1S/C63H55NO6/c65-59-54-40-56(64-57(47-24-10-2-11-25-47)42-53(46-22-8-1-9-23-46)43-58(64)48-26-12-3-13-27-48)41-55(59)45-70-63(52-34-20-7-21-35-52)61(50-30-16-5-17-31-50)68-39-37-66-36-38-67-60(49-28-14-4-15-29-49)62(69-44-54)51-32-18-6-19-33-51/h1-35,40-43,60-63H,36-39,44-45H2/t60-,61?,62?,63-/m1/s1. The van der Waals surface area contributed by atoms with Gasteiger partial charge in [0.2, 0.25) is 17.1 Å². The zero-order valence-corrected chi connectivity index (χ0v) is 39.0. The normalized spacial score (nSPS) is 18.3. The summed E-state index contributed by atoms with van der Waals surface area (Å²) in [6, 6.07) is 80.2. The Morgan fingerprint density at radius 2 is 0.643 bits per heavy atom. The van der Waals surface area contributed by atoms with Crippen molar-refractivity contribution in [2.24, 2.45) is 0 Å². The van der Waals surface area contributed by atoms with Gasteiger partial charge in [0, 0.05) is 35.4 Å². The Morgan fingerprint density at radius 3 is 1.00 bits per heavy atom. The summed E-state index contributed by atoms with van der Waals surface area (Å²) in [6.45, 7) is 1.27. The van der Waals surface area contributed by atoms with Crippen molar-refractivity contribution in [1.29, 1.82) is 0 Å². The van der Waals surface area contributed by atoms with Crippen LogP contribution in [0.5, 0.6) is 5.75 Å². The lowest BCUT2D eigenvalue weighted by atomic mass is 9.97. The SMILES string of the molecule is [O-]c1c2cc(-[n+]3c(-c4ccccc4)cc(-c4ccccc4)cc3-c3ccccc3)cc1CO[C@H](c1ccccc1)C(c1ccccc1)OCCOCCO[C@H](c1ccccc1)C(c1ccccc1)OC2. The molecule has 348 valence electrons. The van der Waals surface area contributed by atoms with E-state index in [1.165, 1.54) is 0 Å². The zero-order chi connectivity index (χ0) is 47.3. The molecule has 1 aromatic heterocycles. The molecule has 9 aromatic rings. The van der Waals surface area contributed by atoms with Gasteiger partial charge in [-0.3, -0.25) is 0 Å². The van der Waals surface area contributed by atoms with Gasteiger partial charge in [-0.25, -0.2) is 0 Å². The fourth-order valence-corrected chi connectivity index (χ4v) is 9.33. The minimum absolute atomic E-state index is 0.00963. The predicted molar refractivity (Wildman–Crippen MR) is 273 cm³/mol. The van der Waals surface area contributed by atoms with Crippen molar-refractivity contribution >= 4 is 0 Å². The molecule has 7 nitrogen and oxygen atoms in total. The minimum atomic E-state index is -0.583. The van der Waals surface area contributed by atoms with Crippen LogP contribution in [-0.4, -0.2) is 26.4 Å². The second-order valence-corrected chi connectivity index (χ2v) is 17.3. The zero-order valence-electron chi connectivity index (χ0n) is 39.0. The first kappa shape index (κ1) is 46.2. The number of ether oxygens (including phenoxy) is 5. The van der Waals surface area contributed by atoms with Gasteiger partial charge in [-0.2, -0.15) is 4.57 Å². The molecule has 10 rings (SSSR count). The average molecular weight is 922 g/mol. The molecule has 1 aliphatic heterocycles. The number of fused-ring (bicyclic) bond motifs is 2. The highest BCUT2D eigenvalue weighted by Gasteiger charge is 2.31. The molecule has 70 heavy (non-hydrogen) atoms. The van der Waals surface area contributed by atoms with E-state index in [9.17, 15) is 0 Å². The van der Waals surface area contributed by atoms with Crippen molar-refractivity contribution < 1.29 is 33.4 Å². The van der Waals surface area contributed by atoms with E-state index < -0.39 is 24.4 Å². The summed E-state index contributed by atoms with van der Waals surface area (Å²) in [4.78, 5) is 0. The van der Waals surface area contributed by atoms with E-state index in [4.69, 9.17) is 23.7 Å². The van der Waals surface area contributed by atoms with E-state index in [1.54, 1.807) is 0 Å². The first-order chi connectivity index (χ1) is 34.7.